The number of methoxy groups -OCH3 is 1. The van der Waals surface area contributed by atoms with Crippen molar-refractivity contribution in [2.45, 2.75) is 31.7 Å². The van der Waals surface area contributed by atoms with E-state index in [1.165, 1.54) is 29.4 Å². The number of fused-ring (bicyclic) bond motifs is 1. The first-order valence-corrected chi connectivity index (χ1v) is 13.7. The molecule has 0 saturated heterocycles. The highest BCUT2D eigenvalue weighted by Gasteiger charge is 2.24. The molecule has 5 rings (SSSR count). The lowest BCUT2D eigenvalue weighted by Gasteiger charge is -2.24. The summed E-state index contributed by atoms with van der Waals surface area (Å²) in [4.78, 5) is 11.9. The Kier molecular flexibility index (Phi) is 8.16. The van der Waals surface area contributed by atoms with Gasteiger partial charge in [-0.15, -0.1) is 0 Å². The zero-order valence-corrected chi connectivity index (χ0v) is 23.1. The predicted molar refractivity (Wildman–Crippen MR) is 160 cm³/mol. The second-order valence-corrected chi connectivity index (χ2v) is 10.4. The zero-order chi connectivity index (χ0) is 27.4. The van der Waals surface area contributed by atoms with Crippen LogP contribution in [-0.2, 0) is 17.6 Å². The highest BCUT2D eigenvalue weighted by atomic mass is 35.5. The van der Waals surface area contributed by atoms with Gasteiger partial charge in [0.2, 0.25) is 0 Å². The van der Waals surface area contributed by atoms with E-state index in [2.05, 4.69) is 84.4 Å². The van der Waals surface area contributed by atoms with Crippen molar-refractivity contribution < 1.29 is 9.53 Å². The van der Waals surface area contributed by atoms with Crippen LogP contribution in [0.4, 0.5) is 0 Å². The zero-order valence-electron chi connectivity index (χ0n) is 22.3. The second-order valence-electron chi connectivity index (χ2n) is 10.00. The number of halogens is 1. The molecule has 0 aliphatic rings. The van der Waals surface area contributed by atoms with Crippen LogP contribution in [0.2, 0.25) is 5.02 Å². The van der Waals surface area contributed by atoms with Crippen molar-refractivity contribution in [1.82, 2.24) is 4.57 Å². The Labute approximate surface area is 235 Å². The Balaban J connectivity index is 1.62. The summed E-state index contributed by atoms with van der Waals surface area (Å²) >= 11 is 6.54. The van der Waals surface area contributed by atoms with Gasteiger partial charge in [0.15, 0.2) is 0 Å². The lowest BCUT2D eigenvalue weighted by atomic mass is 9.92. The summed E-state index contributed by atoms with van der Waals surface area (Å²) in [6, 6.07) is 33.0. The number of esters is 1. The summed E-state index contributed by atoms with van der Waals surface area (Å²) in [6.45, 7) is 2.84. The topological polar surface area (TPSA) is 57.2 Å². The van der Waals surface area contributed by atoms with Crippen LogP contribution in [0, 0.1) is 0 Å². The van der Waals surface area contributed by atoms with Gasteiger partial charge in [-0.25, -0.2) is 4.79 Å². The normalized spacial score (nSPS) is 12.8. The van der Waals surface area contributed by atoms with Gasteiger partial charge in [-0.1, -0.05) is 85.3 Å². The molecule has 0 fully saturated rings. The molecule has 0 aliphatic heterocycles. The molecular formula is C34H33ClN2O2. The van der Waals surface area contributed by atoms with Gasteiger partial charge in [0.25, 0.3) is 0 Å². The van der Waals surface area contributed by atoms with Crippen molar-refractivity contribution >= 4 is 28.5 Å². The summed E-state index contributed by atoms with van der Waals surface area (Å²) in [6.07, 6.45) is 3.94. The van der Waals surface area contributed by atoms with Crippen molar-refractivity contribution in [3.8, 4) is 0 Å². The van der Waals surface area contributed by atoms with Gasteiger partial charge in [-0.05, 0) is 83.5 Å². The summed E-state index contributed by atoms with van der Waals surface area (Å²) < 4.78 is 7.24. The number of carbonyl (C=O) groups is 1. The first-order valence-electron chi connectivity index (χ1n) is 13.3. The van der Waals surface area contributed by atoms with Gasteiger partial charge < -0.3 is 15.0 Å². The fraction of sp³-hybridized carbons (Fsp3) is 0.206. The second kappa shape index (κ2) is 11.9. The van der Waals surface area contributed by atoms with Crippen LogP contribution in [0.1, 0.15) is 57.1 Å². The minimum absolute atomic E-state index is 0.0158. The lowest BCUT2D eigenvalue weighted by molar-refractivity contribution is 0.0600. The minimum Gasteiger partial charge on any atom is -0.465 e. The van der Waals surface area contributed by atoms with Crippen LogP contribution in [0.3, 0.4) is 0 Å². The van der Waals surface area contributed by atoms with E-state index in [-0.39, 0.29) is 17.9 Å². The van der Waals surface area contributed by atoms with Gasteiger partial charge in [0, 0.05) is 22.1 Å². The molecule has 0 saturated carbocycles. The van der Waals surface area contributed by atoms with Crippen molar-refractivity contribution in [3.63, 3.8) is 0 Å². The number of hydrogen-bond acceptors (Lipinski definition) is 3. The Hall–Kier alpha value is -3.86. The van der Waals surface area contributed by atoms with Gasteiger partial charge in [0.1, 0.15) is 0 Å². The molecule has 198 valence electrons. The lowest BCUT2D eigenvalue weighted by Crippen LogP contribution is -2.15. The average Bonchev–Trinajstić information content (AvgIpc) is 3.33. The summed E-state index contributed by atoms with van der Waals surface area (Å²) in [7, 11) is 1.40. The van der Waals surface area contributed by atoms with Crippen LogP contribution in [-0.4, -0.2) is 24.2 Å². The number of rotatable bonds is 9. The van der Waals surface area contributed by atoms with Crippen molar-refractivity contribution in [2.24, 2.45) is 5.73 Å². The third kappa shape index (κ3) is 5.63. The maximum absolute atomic E-state index is 11.9. The fourth-order valence-corrected chi connectivity index (χ4v) is 5.70. The summed E-state index contributed by atoms with van der Waals surface area (Å²) in [5, 5.41) is 1.87. The highest BCUT2D eigenvalue weighted by molar-refractivity contribution is 6.31. The molecular weight excluding hydrogens is 504 g/mol. The molecule has 1 aromatic heterocycles. The van der Waals surface area contributed by atoms with E-state index in [0.29, 0.717) is 12.1 Å². The molecule has 4 aromatic carbocycles. The quantitative estimate of drug-likeness (QED) is 0.198. The molecule has 2 N–H and O–H groups in total. The average molecular weight is 537 g/mol. The van der Waals surface area contributed by atoms with Crippen LogP contribution in [0.25, 0.3) is 10.9 Å². The molecule has 0 amide bonds. The molecule has 2 atom stereocenters. The first kappa shape index (κ1) is 26.7. The smallest absolute Gasteiger partial charge is 0.337 e. The van der Waals surface area contributed by atoms with E-state index in [1.54, 1.807) is 0 Å². The van der Waals surface area contributed by atoms with E-state index >= 15 is 0 Å². The minimum atomic E-state index is -0.325. The molecule has 39 heavy (non-hydrogen) atoms. The maximum atomic E-state index is 11.9. The van der Waals surface area contributed by atoms with Gasteiger partial charge in [0.05, 0.1) is 18.7 Å². The van der Waals surface area contributed by atoms with Crippen LogP contribution in [0.15, 0.2) is 103 Å². The fourth-order valence-electron chi connectivity index (χ4n) is 5.53. The highest BCUT2D eigenvalue weighted by Crippen LogP contribution is 2.38. The number of hydrogen-bond donors (Lipinski definition) is 1. The summed E-state index contributed by atoms with van der Waals surface area (Å²) in [5.41, 5.74) is 13.8. The third-order valence-electron chi connectivity index (χ3n) is 7.43. The van der Waals surface area contributed by atoms with Gasteiger partial charge >= 0.3 is 5.97 Å². The van der Waals surface area contributed by atoms with E-state index in [4.69, 9.17) is 22.1 Å². The molecule has 0 spiro atoms. The maximum Gasteiger partial charge on any atom is 0.337 e. The molecule has 5 heteroatoms. The van der Waals surface area contributed by atoms with E-state index in [0.717, 1.165) is 34.3 Å². The third-order valence-corrected chi connectivity index (χ3v) is 7.67. The SMILES string of the molecule is COC(=O)c1ccc(CC(C)c2cn(C(c3ccccc3)c3ccccc3CCN)c3ccc(Cl)cc23)cc1. The standard InChI is InChI=1S/C34H33ClN2O2/c1-23(20-24-12-14-27(15-13-24)34(38)39-2)31-22-37(32-17-16-28(35)21-30(31)32)33(26-9-4-3-5-10-26)29-11-7-6-8-25(29)18-19-36/h3-17,21-23,33H,18-20,36H2,1-2H3. The molecule has 0 aliphatic carbocycles. The Morgan fingerprint density at radius 1 is 0.923 bits per heavy atom. The molecule has 4 nitrogen and oxygen atoms in total. The first-order chi connectivity index (χ1) is 19.0. The van der Waals surface area contributed by atoms with Crippen LogP contribution < -0.4 is 5.73 Å². The molecule has 0 radical (unpaired) electrons. The molecule has 1 heterocycles. The van der Waals surface area contributed by atoms with Gasteiger partial charge in [-0.2, -0.15) is 0 Å². The van der Waals surface area contributed by atoms with Crippen LogP contribution in [0.5, 0.6) is 0 Å². The monoisotopic (exact) mass is 536 g/mol. The number of nitrogens with zero attached hydrogens (tertiary/aromatic N) is 1. The van der Waals surface area contributed by atoms with Crippen molar-refractivity contribution in [3.05, 3.63) is 142 Å². The molecule has 5 aromatic rings. The number of carbonyl (C=O) groups excluding carboxylic acids is 1. The number of aromatic nitrogens is 1. The van der Waals surface area contributed by atoms with Crippen molar-refractivity contribution in [1.29, 1.82) is 0 Å². The Bertz CT molecular complexity index is 1570. The van der Waals surface area contributed by atoms with E-state index < -0.39 is 0 Å². The molecule has 0 bridgehead atoms. The Morgan fingerprint density at radius 3 is 2.36 bits per heavy atom. The number of ether oxygens (including phenoxy) is 1. The van der Waals surface area contributed by atoms with Gasteiger partial charge in [-0.3, -0.25) is 0 Å². The van der Waals surface area contributed by atoms with Crippen LogP contribution >= 0.6 is 11.6 Å². The van der Waals surface area contributed by atoms with E-state index in [9.17, 15) is 4.79 Å². The number of nitrogens with two attached hydrogens (primary N) is 1. The largest absolute Gasteiger partial charge is 0.465 e. The van der Waals surface area contributed by atoms with Crippen molar-refractivity contribution in [2.75, 3.05) is 13.7 Å². The number of benzene rings is 4. The molecule has 2 unspecified atom stereocenters. The Morgan fingerprint density at radius 2 is 1.64 bits per heavy atom. The summed E-state index contributed by atoms with van der Waals surface area (Å²) in [5.74, 6) is -0.110. The van der Waals surface area contributed by atoms with E-state index in [1.807, 2.05) is 30.3 Å². The predicted octanol–water partition coefficient (Wildman–Crippen LogP) is 7.57.